The normalized spacial score (nSPS) is 10.1. The molecular formula is C13H11ClN2O3S. The summed E-state index contributed by atoms with van der Waals surface area (Å²) in [5.41, 5.74) is 6.53. The van der Waals surface area contributed by atoms with E-state index >= 15 is 0 Å². The SMILES string of the molecule is COc1cccc(C(N)=S)c1NC(=O)c1ccc(Cl)o1. The lowest BCUT2D eigenvalue weighted by atomic mass is 10.1. The van der Waals surface area contributed by atoms with E-state index < -0.39 is 5.91 Å². The van der Waals surface area contributed by atoms with Crippen LogP contribution in [-0.4, -0.2) is 18.0 Å². The number of anilines is 1. The van der Waals surface area contributed by atoms with E-state index in [1.54, 1.807) is 18.2 Å². The summed E-state index contributed by atoms with van der Waals surface area (Å²) in [6.07, 6.45) is 0. The van der Waals surface area contributed by atoms with Crippen LogP contribution in [0.4, 0.5) is 5.69 Å². The average Bonchev–Trinajstić information content (AvgIpc) is 2.85. The first kappa shape index (κ1) is 14.4. The van der Waals surface area contributed by atoms with Crippen LogP contribution in [0.1, 0.15) is 16.1 Å². The van der Waals surface area contributed by atoms with Gasteiger partial charge in [-0.15, -0.1) is 0 Å². The number of amides is 1. The smallest absolute Gasteiger partial charge is 0.291 e. The molecule has 1 aromatic carbocycles. The predicted molar refractivity (Wildman–Crippen MR) is 80.6 cm³/mol. The molecule has 0 spiro atoms. The van der Waals surface area contributed by atoms with Crippen molar-refractivity contribution in [2.24, 2.45) is 5.73 Å². The first-order chi connectivity index (χ1) is 9.52. The van der Waals surface area contributed by atoms with Crippen LogP contribution in [0, 0.1) is 0 Å². The molecule has 0 bridgehead atoms. The largest absolute Gasteiger partial charge is 0.495 e. The Kier molecular flexibility index (Phi) is 4.26. The van der Waals surface area contributed by atoms with Crippen LogP contribution in [0.15, 0.2) is 34.7 Å². The number of carbonyl (C=O) groups excluding carboxylic acids is 1. The fourth-order valence-electron chi connectivity index (χ4n) is 1.65. The van der Waals surface area contributed by atoms with Gasteiger partial charge < -0.3 is 20.2 Å². The fraction of sp³-hybridized carbons (Fsp3) is 0.0769. The lowest BCUT2D eigenvalue weighted by molar-refractivity contribution is 0.0996. The maximum Gasteiger partial charge on any atom is 0.291 e. The van der Waals surface area contributed by atoms with Crippen LogP contribution in [-0.2, 0) is 0 Å². The number of rotatable bonds is 4. The molecule has 0 saturated carbocycles. The summed E-state index contributed by atoms with van der Waals surface area (Å²) < 4.78 is 10.2. The van der Waals surface area contributed by atoms with Gasteiger partial charge in [0.2, 0.25) is 0 Å². The van der Waals surface area contributed by atoms with Crippen molar-refractivity contribution in [2.75, 3.05) is 12.4 Å². The van der Waals surface area contributed by atoms with Crippen LogP contribution >= 0.6 is 23.8 Å². The number of nitrogens with one attached hydrogen (secondary N) is 1. The van der Waals surface area contributed by atoms with Gasteiger partial charge in [-0.3, -0.25) is 4.79 Å². The van der Waals surface area contributed by atoms with Crippen molar-refractivity contribution in [3.05, 3.63) is 46.9 Å². The van der Waals surface area contributed by atoms with E-state index in [2.05, 4.69) is 5.32 Å². The molecule has 0 aliphatic rings. The molecule has 0 aliphatic carbocycles. The number of hydrogen-bond acceptors (Lipinski definition) is 4. The molecule has 5 nitrogen and oxygen atoms in total. The topological polar surface area (TPSA) is 77.5 Å². The van der Waals surface area contributed by atoms with Crippen LogP contribution < -0.4 is 15.8 Å². The van der Waals surface area contributed by atoms with Gasteiger partial charge in [0.25, 0.3) is 5.91 Å². The highest BCUT2D eigenvalue weighted by Crippen LogP contribution is 2.29. The maximum atomic E-state index is 12.1. The van der Waals surface area contributed by atoms with Crippen molar-refractivity contribution < 1.29 is 13.9 Å². The van der Waals surface area contributed by atoms with Crippen LogP contribution in [0.2, 0.25) is 5.22 Å². The molecule has 2 rings (SSSR count). The summed E-state index contributed by atoms with van der Waals surface area (Å²) in [6.45, 7) is 0. The Hall–Kier alpha value is -2.05. The Balaban J connectivity index is 2.37. The van der Waals surface area contributed by atoms with Crippen molar-refractivity contribution in [3.8, 4) is 5.75 Å². The molecule has 0 aliphatic heterocycles. The van der Waals surface area contributed by atoms with Crippen molar-refractivity contribution >= 4 is 40.4 Å². The molecule has 0 saturated heterocycles. The summed E-state index contributed by atoms with van der Waals surface area (Å²) in [7, 11) is 1.48. The minimum absolute atomic E-state index is 0.0785. The van der Waals surface area contributed by atoms with E-state index in [1.807, 2.05) is 0 Å². The molecule has 0 atom stereocenters. The zero-order chi connectivity index (χ0) is 14.7. The van der Waals surface area contributed by atoms with Gasteiger partial charge in [-0.1, -0.05) is 18.3 Å². The molecular weight excluding hydrogens is 300 g/mol. The monoisotopic (exact) mass is 310 g/mol. The Morgan fingerprint density at radius 1 is 1.40 bits per heavy atom. The predicted octanol–water partition coefficient (Wildman–Crippen LogP) is 2.83. The van der Waals surface area contributed by atoms with Gasteiger partial charge in [0.05, 0.1) is 12.8 Å². The molecule has 0 fully saturated rings. The third-order valence-electron chi connectivity index (χ3n) is 2.55. The quantitative estimate of drug-likeness (QED) is 0.849. The number of benzene rings is 1. The Morgan fingerprint density at radius 3 is 2.70 bits per heavy atom. The second kappa shape index (κ2) is 5.94. The average molecular weight is 311 g/mol. The lowest BCUT2D eigenvalue weighted by Gasteiger charge is -2.13. The lowest BCUT2D eigenvalue weighted by Crippen LogP contribution is -2.18. The number of para-hydroxylation sites is 1. The second-order valence-electron chi connectivity index (χ2n) is 3.80. The maximum absolute atomic E-state index is 12.1. The molecule has 104 valence electrons. The van der Waals surface area contributed by atoms with Gasteiger partial charge in [0, 0.05) is 5.56 Å². The molecule has 1 heterocycles. The van der Waals surface area contributed by atoms with Crippen molar-refractivity contribution in [1.82, 2.24) is 0 Å². The summed E-state index contributed by atoms with van der Waals surface area (Å²) in [4.78, 5) is 12.2. The fourth-order valence-corrected chi connectivity index (χ4v) is 1.96. The highest BCUT2D eigenvalue weighted by molar-refractivity contribution is 7.80. The summed E-state index contributed by atoms with van der Waals surface area (Å²) in [6, 6.07) is 8.05. The summed E-state index contributed by atoms with van der Waals surface area (Å²) >= 11 is 10.6. The highest BCUT2D eigenvalue weighted by atomic mass is 35.5. The van der Waals surface area contributed by atoms with Gasteiger partial charge in [-0.25, -0.2) is 0 Å². The van der Waals surface area contributed by atoms with E-state index in [4.69, 9.17) is 38.7 Å². The van der Waals surface area contributed by atoms with Gasteiger partial charge in [-0.2, -0.15) is 0 Å². The van der Waals surface area contributed by atoms with Crippen LogP contribution in [0.3, 0.4) is 0 Å². The molecule has 3 N–H and O–H groups in total. The van der Waals surface area contributed by atoms with Crippen molar-refractivity contribution in [3.63, 3.8) is 0 Å². The second-order valence-corrected chi connectivity index (χ2v) is 4.62. The minimum atomic E-state index is -0.473. The van der Waals surface area contributed by atoms with Crippen LogP contribution in [0.25, 0.3) is 0 Å². The zero-order valence-corrected chi connectivity index (χ0v) is 12.0. The Labute approximate surface area is 125 Å². The molecule has 7 heteroatoms. The standard InChI is InChI=1S/C13H11ClN2O3S/c1-18-8-4-2-3-7(12(15)20)11(8)16-13(17)9-5-6-10(14)19-9/h2-6H,1H3,(H2,15,20)(H,16,17). The number of furan rings is 1. The molecule has 0 radical (unpaired) electrons. The van der Waals surface area contributed by atoms with E-state index in [0.717, 1.165) is 0 Å². The van der Waals surface area contributed by atoms with Crippen LogP contribution in [0.5, 0.6) is 5.75 Å². The number of ether oxygens (including phenoxy) is 1. The van der Waals surface area contributed by atoms with Gasteiger partial charge >= 0.3 is 0 Å². The van der Waals surface area contributed by atoms with Gasteiger partial charge in [0.15, 0.2) is 11.0 Å². The Bertz CT molecular complexity index is 669. The van der Waals surface area contributed by atoms with Gasteiger partial charge in [-0.05, 0) is 35.9 Å². The van der Waals surface area contributed by atoms with E-state index in [9.17, 15) is 4.79 Å². The zero-order valence-electron chi connectivity index (χ0n) is 10.5. The van der Waals surface area contributed by atoms with E-state index in [0.29, 0.717) is 17.0 Å². The van der Waals surface area contributed by atoms with E-state index in [1.165, 1.54) is 19.2 Å². The molecule has 1 amide bonds. The number of carbonyl (C=O) groups is 1. The van der Waals surface area contributed by atoms with E-state index in [-0.39, 0.29) is 16.0 Å². The third-order valence-corrected chi connectivity index (χ3v) is 2.97. The van der Waals surface area contributed by atoms with Crippen molar-refractivity contribution in [2.45, 2.75) is 0 Å². The summed E-state index contributed by atoms with van der Waals surface area (Å²) in [5, 5.41) is 2.79. The van der Waals surface area contributed by atoms with Crippen molar-refractivity contribution in [1.29, 1.82) is 0 Å². The first-order valence-corrected chi connectivity index (χ1v) is 6.35. The number of hydrogen-bond donors (Lipinski definition) is 2. The number of halogens is 1. The number of methoxy groups -OCH3 is 1. The molecule has 2 aromatic rings. The number of thiocarbonyl (C=S) groups is 1. The summed E-state index contributed by atoms with van der Waals surface area (Å²) in [5.74, 6) is 0.0509. The molecule has 0 unspecified atom stereocenters. The molecule has 1 aromatic heterocycles. The highest BCUT2D eigenvalue weighted by Gasteiger charge is 2.17. The minimum Gasteiger partial charge on any atom is -0.495 e. The van der Waals surface area contributed by atoms with Gasteiger partial charge in [0.1, 0.15) is 10.7 Å². The third kappa shape index (κ3) is 2.92. The first-order valence-electron chi connectivity index (χ1n) is 5.56. The molecule has 20 heavy (non-hydrogen) atoms. The number of nitrogens with two attached hydrogens (primary N) is 1. The Morgan fingerprint density at radius 2 is 2.15 bits per heavy atom.